The van der Waals surface area contributed by atoms with Crippen molar-refractivity contribution in [1.82, 2.24) is 20.2 Å². The monoisotopic (exact) mass is 574 g/mol. The maximum absolute atomic E-state index is 4.23. The van der Waals surface area contributed by atoms with Gasteiger partial charge in [-0.3, -0.25) is 9.97 Å². The second-order valence-corrected chi connectivity index (χ2v) is 17.7. The minimum Gasteiger partial charge on any atom is -0.264 e. The summed E-state index contributed by atoms with van der Waals surface area (Å²) in [6.45, 7) is 40.1. The summed E-state index contributed by atoms with van der Waals surface area (Å²) in [5.74, 6) is 0. The van der Waals surface area contributed by atoms with Gasteiger partial charge in [0.15, 0.2) is 0 Å². The van der Waals surface area contributed by atoms with Crippen LogP contribution in [0, 0.1) is 0 Å². The molecule has 0 unspecified atom stereocenters. The molecule has 4 heteroatoms. The first-order valence-electron chi connectivity index (χ1n) is 15.4. The van der Waals surface area contributed by atoms with Crippen molar-refractivity contribution in [2.45, 2.75) is 157 Å². The molecule has 3 aromatic rings. The van der Waals surface area contributed by atoms with E-state index >= 15 is 0 Å². The lowest BCUT2D eigenvalue weighted by Gasteiger charge is -2.29. The van der Waals surface area contributed by atoms with Crippen LogP contribution in [0.4, 0.5) is 0 Å². The van der Waals surface area contributed by atoms with Gasteiger partial charge in [0, 0.05) is 24.8 Å². The molecule has 0 bridgehead atoms. The zero-order chi connectivity index (χ0) is 32.9. The third kappa shape index (κ3) is 11.2. The van der Waals surface area contributed by atoms with E-state index < -0.39 is 0 Å². The van der Waals surface area contributed by atoms with Crippen LogP contribution in [-0.4, -0.2) is 20.2 Å². The molecule has 0 aliphatic carbocycles. The predicted octanol–water partition coefficient (Wildman–Crippen LogP) is 10.4. The topological polar surface area (TPSA) is 51.6 Å². The molecule has 0 aliphatic heterocycles. The lowest BCUT2D eigenvalue weighted by molar-refractivity contribution is 0.522. The molecule has 0 spiro atoms. The number of rotatable bonds is 0. The average molecular weight is 575 g/mol. The lowest BCUT2D eigenvalue weighted by Crippen LogP contribution is -2.22. The first-order chi connectivity index (χ1) is 18.7. The van der Waals surface area contributed by atoms with Crippen LogP contribution in [0.2, 0.25) is 0 Å². The Morgan fingerprint density at radius 1 is 0.310 bits per heavy atom. The molecule has 0 atom stereocenters. The van der Waals surface area contributed by atoms with Gasteiger partial charge in [-0.25, -0.2) is 0 Å². The van der Waals surface area contributed by atoms with Gasteiger partial charge in [-0.05, 0) is 78.0 Å². The highest BCUT2D eigenvalue weighted by atomic mass is 15.1. The van der Waals surface area contributed by atoms with Crippen LogP contribution in [0.3, 0.4) is 0 Å². The second-order valence-electron chi connectivity index (χ2n) is 17.7. The third-order valence-corrected chi connectivity index (χ3v) is 7.22. The Bertz CT molecular complexity index is 1000. The maximum Gasteiger partial charge on any atom is 0.0536 e. The van der Waals surface area contributed by atoms with Gasteiger partial charge in [-0.2, -0.15) is 10.2 Å². The second kappa shape index (κ2) is 13.3. The van der Waals surface area contributed by atoms with Crippen molar-refractivity contribution in [2.24, 2.45) is 0 Å². The molecule has 3 rings (SSSR count). The Morgan fingerprint density at radius 3 is 0.714 bits per heavy atom. The zero-order valence-corrected chi connectivity index (χ0v) is 30.4. The molecular weight excluding hydrogens is 512 g/mol. The third-order valence-electron chi connectivity index (χ3n) is 7.22. The summed E-state index contributed by atoms with van der Waals surface area (Å²) in [6.07, 6.45) is 11.5. The molecule has 0 fully saturated rings. The summed E-state index contributed by atoms with van der Waals surface area (Å²) < 4.78 is 0. The quantitative estimate of drug-likeness (QED) is 0.268. The molecule has 4 nitrogen and oxygen atoms in total. The number of aromatic nitrogens is 4. The fourth-order valence-electron chi connectivity index (χ4n) is 4.81. The molecule has 3 heterocycles. The van der Waals surface area contributed by atoms with Crippen molar-refractivity contribution in [3.8, 4) is 0 Å². The van der Waals surface area contributed by atoms with Crippen LogP contribution in [-0.2, 0) is 32.5 Å². The fraction of sp³-hybridized carbons (Fsp3) is 0.632. The summed E-state index contributed by atoms with van der Waals surface area (Å²) in [6, 6.07) is 4.28. The van der Waals surface area contributed by atoms with Crippen molar-refractivity contribution >= 4 is 0 Å². The van der Waals surface area contributed by atoms with E-state index in [9.17, 15) is 0 Å². The molecule has 234 valence electrons. The van der Waals surface area contributed by atoms with Crippen molar-refractivity contribution < 1.29 is 0 Å². The summed E-state index contributed by atoms with van der Waals surface area (Å²) >= 11 is 0. The highest BCUT2D eigenvalue weighted by Gasteiger charge is 2.27. The highest BCUT2D eigenvalue weighted by Crippen LogP contribution is 2.34. The molecule has 0 radical (unpaired) electrons. The van der Waals surface area contributed by atoms with Crippen LogP contribution in [0.1, 0.15) is 158 Å². The molecule has 3 aromatic heterocycles. The van der Waals surface area contributed by atoms with E-state index in [2.05, 4.69) is 157 Å². The summed E-state index contributed by atoms with van der Waals surface area (Å²) in [5, 5.41) is 7.95. The summed E-state index contributed by atoms with van der Waals surface area (Å²) in [5.41, 5.74) is 9.13. The van der Waals surface area contributed by atoms with Crippen LogP contribution < -0.4 is 0 Å². The van der Waals surface area contributed by atoms with Crippen molar-refractivity contribution in [3.05, 3.63) is 82.7 Å². The molecule has 0 aromatic carbocycles. The van der Waals surface area contributed by atoms with E-state index in [1.807, 2.05) is 37.2 Å². The van der Waals surface area contributed by atoms with Crippen molar-refractivity contribution in [1.29, 1.82) is 0 Å². The Labute approximate surface area is 259 Å². The number of hydrogen-bond acceptors (Lipinski definition) is 4. The molecule has 0 aliphatic rings. The van der Waals surface area contributed by atoms with Gasteiger partial charge in [0.2, 0.25) is 0 Å². The van der Waals surface area contributed by atoms with Gasteiger partial charge in [0.25, 0.3) is 0 Å². The van der Waals surface area contributed by atoms with Crippen molar-refractivity contribution in [3.63, 3.8) is 0 Å². The standard InChI is InChI=1S/2C13H21N.C12H20N2/c2*1-12(2,3)10-7-8-14-9-11(10)13(4,5)6;1-11(2,3)9-7-13-14-8-10(9)12(4,5)6/h2*7-9H,1-6H3;7-8H,1-6H3. The van der Waals surface area contributed by atoms with E-state index in [-0.39, 0.29) is 32.5 Å². The lowest BCUT2D eigenvalue weighted by atomic mass is 9.76. The Hall–Kier alpha value is -2.62. The normalized spacial score (nSPS) is 13.0. The van der Waals surface area contributed by atoms with Crippen LogP contribution >= 0.6 is 0 Å². The Morgan fingerprint density at radius 2 is 0.524 bits per heavy atom. The SMILES string of the molecule is CC(C)(C)c1ccncc1C(C)(C)C.CC(C)(C)c1ccncc1C(C)(C)C.CC(C)(C)c1cnncc1C(C)(C)C. The molecular formula is C38H62N4. The Kier molecular flexibility index (Phi) is 11.9. The first kappa shape index (κ1) is 37.4. The molecule has 0 saturated carbocycles. The van der Waals surface area contributed by atoms with Crippen molar-refractivity contribution in [2.75, 3.05) is 0 Å². The van der Waals surface area contributed by atoms with E-state index in [0.29, 0.717) is 0 Å². The van der Waals surface area contributed by atoms with E-state index in [1.165, 1.54) is 33.4 Å². The van der Waals surface area contributed by atoms with Crippen LogP contribution in [0.5, 0.6) is 0 Å². The average Bonchev–Trinajstić information content (AvgIpc) is 2.82. The van der Waals surface area contributed by atoms with Crippen LogP contribution in [0.15, 0.2) is 49.3 Å². The van der Waals surface area contributed by atoms with Gasteiger partial charge >= 0.3 is 0 Å². The maximum atomic E-state index is 4.23. The zero-order valence-electron chi connectivity index (χ0n) is 30.4. The highest BCUT2D eigenvalue weighted by molar-refractivity contribution is 5.36. The fourth-order valence-corrected chi connectivity index (χ4v) is 4.81. The molecule has 0 saturated heterocycles. The van der Waals surface area contributed by atoms with Gasteiger partial charge < -0.3 is 0 Å². The summed E-state index contributed by atoms with van der Waals surface area (Å²) in [4.78, 5) is 8.45. The smallest absolute Gasteiger partial charge is 0.0536 e. The van der Waals surface area contributed by atoms with Gasteiger partial charge in [-0.15, -0.1) is 0 Å². The Balaban J connectivity index is 0.000000315. The molecule has 42 heavy (non-hydrogen) atoms. The van der Waals surface area contributed by atoms with Gasteiger partial charge in [0.05, 0.1) is 12.4 Å². The summed E-state index contributed by atoms with van der Waals surface area (Å²) in [7, 11) is 0. The first-order valence-corrected chi connectivity index (χ1v) is 15.4. The largest absolute Gasteiger partial charge is 0.264 e. The number of pyridine rings is 2. The molecule has 0 N–H and O–H groups in total. The van der Waals surface area contributed by atoms with E-state index in [0.717, 1.165) is 0 Å². The van der Waals surface area contributed by atoms with Crippen LogP contribution in [0.25, 0.3) is 0 Å². The van der Waals surface area contributed by atoms with E-state index in [1.54, 1.807) is 0 Å². The van der Waals surface area contributed by atoms with Gasteiger partial charge in [-0.1, -0.05) is 125 Å². The van der Waals surface area contributed by atoms with Gasteiger partial charge in [0.1, 0.15) is 0 Å². The van der Waals surface area contributed by atoms with E-state index in [4.69, 9.17) is 0 Å². The minimum atomic E-state index is 0.137. The molecule has 0 amide bonds. The number of nitrogens with zero attached hydrogens (tertiary/aromatic N) is 4. The number of hydrogen-bond donors (Lipinski definition) is 0. The minimum absolute atomic E-state index is 0.137. The predicted molar refractivity (Wildman–Crippen MR) is 183 cm³/mol.